The Morgan fingerprint density at radius 2 is 2.09 bits per heavy atom. The third-order valence-corrected chi connectivity index (χ3v) is 3.65. The molecule has 0 unspecified atom stereocenters. The van der Waals surface area contributed by atoms with Crippen molar-refractivity contribution in [2.75, 3.05) is 5.32 Å². The molecule has 22 heavy (non-hydrogen) atoms. The molecule has 0 heterocycles. The van der Waals surface area contributed by atoms with Crippen LogP contribution in [0.2, 0.25) is 5.02 Å². The number of benzene rings is 2. The number of amides is 1. The summed E-state index contributed by atoms with van der Waals surface area (Å²) in [5.41, 5.74) is 3.62. The Morgan fingerprint density at radius 3 is 2.77 bits per heavy atom. The lowest BCUT2D eigenvalue weighted by Gasteiger charge is -2.11. The fraction of sp³-hybridized carbons (Fsp3) is 0.167. The van der Waals surface area contributed by atoms with Gasteiger partial charge in [-0.1, -0.05) is 42.8 Å². The molecule has 0 aliphatic carbocycles. The van der Waals surface area contributed by atoms with Crippen molar-refractivity contribution in [3.8, 4) is 0 Å². The first-order valence-electron chi connectivity index (χ1n) is 7.04. The Bertz CT molecular complexity index is 725. The predicted octanol–water partition coefficient (Wildman–Crippen LogP) is 5.00. The van der Waals surface area contributed by atoms with E-state index in [9.17, 15) is 9.18 Å². The fourth-order valence-corrected chi connectivity index (χ4v) is 2.34. The van der Waals surface area contributed by atoms with Crippen LogP contribution in [0.5, 0.6) is 0 Å². The number of hydrogen-bond acceptors (Lipinski definition) is 1. The normalized spacial score (nSPS) is 10.9. The Balaban J connectivity index is 2.13. The van der Waals surface area contributed by atoms with Gasteiger partial charge in [-0.25, -0.2) is 4.39 Å². The summed E-state index contributed by atoms with van der Waals surface area (Å²) in [6.45, 7) is 4.00. The molecule has 0 radical (unpaired) electrons. The molecule has 0 saturated carbocycles. The summed E-state index contributed by atoms with van der Waals surface area (Å²) in [4.78, 5) is 12.1. The highest BCUT2D eigenvalue weighted by molar-refractivity contribution is 6.30. The predicted molar refractivity (Wildman–Crippen MR) is 89.6 cm³/mol. The zero-order valence-corrected chi connectivity index (χ0v) is 13.2. The third kappa shape index (κ3) is 3.95. The lowest BCUT2D eigenvalue weighted by molar-refractivity contribution is -0.111. The topological polar surface area (TPSA) is 29.1 Å². The summed E-state index contributed by atoms with van der Waals surface area (Å²) < 4.78 is 13.1. The zero-order chi connectivity index (χ0) is 16.1. The van der Waals surface area contributed by atoms with Gasteiger partial charge in [-0.15, -0.1) is 0 Å². The highest BCUT2D eigenvalue weighted by Gasteiger charge is 2.06. The number of carbonyl (C=O) groups excluding carboxylic acids is 1. The van der Waals surface area contributed by atoms with Crippen molar-refractivity contribution in [2.45, 2.75) is 20.3 Å². The molecular weight excluding hydrogens is 301 g/mol. The summed E-state index contributed by atoms with van der Waals surface area (Å²) in [7, 11) is 0. The molecule has 2 rings (SSSR count). The average molecular weight is 318 g/mol. The van der Waals surface area contributed by atoms with Crippen LogP contribution in [-0.2, 0) is 11.2 Å². The minimum Gasteiger partial charge on any atom is -0.322 e. The monoisotopic (exact) mass is 317 g/mol. The third-order valence-electron chi connectivity index (χ3n) is 3.36. The molecule has 0 saturated heterocycles. The van der Waals surface area contributed by atoms with Crippen molar-refractivity contribution in [3.63, 3.8) is 0 Å². The van der Waals surface area contributed by atoms with E-state index in [1.54, 1.807) is 12.1 Å². The maximum absolute atomic E-state index is 13.1. The van der Waals surface area contributed by atoms with E-state index in [1.165, 1.54) is 18.2 Å². The van der Waals surface area contributed by atoms with Crippen LogP contribution in [0.15, 0.2) is 42.5 Å². The number of carbonyl (C=O) groups is 1. The van der Waals surface area contributed by atoms with E-state index in [0.29, 0.717) is 5.56 Å². The van der Waals surface area contributed by atoms with Crippen LogP contribution in [-0.4, -0.2) is 5.91 Å². The highest BCUT2D eigenvalue weighted by atomic mass is 35.5. The Labute approximate surface area is 134 Å². The molecule has 2 aromatic carbocycles. The van der Waals surface area contributed by atoms with Crippen molar-refractivity contribution in [3.05, 3.63) is 70.0 Å². The average Bonchev–Trinajstić information content (AvgIpc) is 2.50. The first-order valence-corrected chi connectivity index (χ1v) is 7.41. The molecule has 0 spiro atoms. The van der Waals surface area contributed by atoms with Crippen LogP contribution < -0.4 is 5.32 Å². The van der Waals surface area contributed by atoms with Gasteiger partial charge < -0.3 is 5.32 Å². The van der Waals surface area contributed by atoms with Gasteiger partial charge in [-0.2, -0.15) is 0 Å². The summed E-state index contributed by atoms with van der Waals surface area (Å²) in [6, 6.07) is 10.2. The van der Waals surface area contributed by atoms with Crippen LogP contribution in [0, 0.1) is 12.7 Å². The van der Waals surface area contributed by atoms with E-state index in [4.69, 9.17) is 11.6 Å². The fourth-order valence-electron chi connectivity index (χ4n) is 2.15. The molecule has 0 bridgehead atoms. The van der Waals surface area contributed by atoms with Crippen molar-refractivity contribution < 1.29 is 9.18 Å². The number of nitrogens with one attached hydrogen (secondary N) is 1. The van der Waals surface area contributed by atoms with Gasteiger partial charge in [0.2, 0.25) is 5.91 Å². The lowest BCUT2D eigenvalue weighted by Crippen LogP contribution is -2.11. The second-order valence-corrected chi connectivity index (χ2v) is 5.37. The number of aryl methyl sites for hydroxylation is 2. The van der Waals surface area contributed by atoms with Crippen molar-refractivity contribution in [1.29, 1.82) is 0 Å². The van der Waals surface area contributed by atoms with E-state index >= 15 is 0 Å². The summed E-state index contributed by atoms with van der Waals surface area (Å²) in [5.74, 6) is -0.708. The van der Waals surface area contributed by atoms with Gasteiger partial charge in [0.1, 0.15) is 5.82 Å². The SMILES string of the molecule is CCc1cccc(C)c1NC(=O)/C=C/c1ccc(F)c(Cl)c1. The van der Waals surface area contributed by atoms with Gasteiger partial charge in [-0.05, 0) is 48.2 Å². The molecule has 0 aromatic heterocycles. The van der Waals surface area contributed by atoms with Gasteiger partial charge in [-0.3, -0.25) is 4.79 Å². The lowest BCUT2D eigenvalue weighted by atomic mass is 10.1. The second-order valence-electron chi connectivity index (χ2n) is 4.96. The molecule has 0 aliphatic heterocycles. The Kier molecular flexibility index (Phi) is 5.34. The quantitative estimate of drug-likeness (QED) is 0.790. The van der Waals surface area contributed by atoms with Gasteiger partial charge in [0.15, 0.2) is 0 Å². The van der Waals surface area contributed by atoms with Crippen LogP contribution in [0.4, 0.5) is 10.1 Å². The minimum atomic E-state index is -0.476. The molecule has 4 heteroatoms. The molecule has 0 atom stereocenters. The Hall–Kier alpha value is -2.13. The van der Waals surface area contributed by atoms with Gasteiger partial charge in [0.05, 0.1) is 5.02 Å². The van der Waals surface area contributed by atoms with Gasteiger partial charge >= 0.3 is 0 Å². The van der Waals surface area contributed by atoms with Crippen molar-refractivity contribution in [1.82, 2.24) is 0 Å². The summed E-state index contributed by atoms with van der Waals surface area (Å²) in [6.07, 6.45) is 3.86. The van der Waals surface area contributed by atoms with E-state index < -0.39 is 5.82 Å². The molecule has 0 fully saturated rings. The summed E-state index contributed by atoms with van der Waals surface area (Å²) in [5, 5.41) is 2.93. The maximum Gasteiger partial charge on any atom is 0.248 e. The highest BCUT2D eigenvalue weighted by Crippen LogP contribution is 2.21. The van der Waals surface area contributed by atoms with Crippen LogP contribution in [0.3, 0.4) is 0 Å². The number of halogens is 2. The van der Waals surface area contributed by atoms with Gasteiger partial charge in [0.25, 0.3) is 0 Å². The first kappa shape index (κ1) is 16.2. The molecule has 1 N–H and O–H groups in total. The number of hydrogen-bond donors (Lipinski definition) is 1. The second kappa shape index (κ2) is 7.23. The number of para-hydroxylation sites is 1. The molecule has 2 nitrogen and oxygen atoms in total. The molecule has 0 aliphatic rings. The van der Waals surface area contributed by atoms with E-state index in [-0.39, 0.29) is 10.9 Å². The number of anilines is 1. The zero-order valence-electron chi connectivity index (χ0n) is 12.5. The largest absolute Gasteiger partial charge is 0.322 e. The van der Waals surface area contributed by atoms with E-state index in [1.807, 2.05) is 32.0 Å². The smallest absolute Gasteiger partial charge is 0.248 e. The molecule has 1 amide bonds. The minimum absolute atomic E-state index is 0.0368. The van der Waals surface area contributed by atoms with Crippen LogP contribution >= 0.6 is 11.6 Å². The van der Waals surface area contributed by atoms with Gasteiger partial charge in [0, 0.05) is 11.8 Å². The number of rotatable bonds is 4. The van der Waals surface area contributed by atoms with E-state index in [2.05, 4.69) is 5.32 Å². The summed E-state index contributed by atoms with van der Waals surface area (Å²) >= 11 is 5.71. The maximum atomic E-state index is 13.1. The van der Waals surface area contributed by atoms with Crippen LogP contribution in [0.25, 0.3) is 6.08 Å². The first-order chi connectivity index (χ1) is 10.5. The van der Waals surface area contributed by atoms with E-state index in [0.717, 1.165) is 23.2 Å². The van der Waals surface area contributed by atoms with Crippen LogP contribution in [0.1, 0.15) is 23.6 Å². The van der Waals surface area contributed by atoms with Crippen molar-refractivity contribution in [2.24, 2.45) is 0 Å². The standard InChI is InChI=1S/C18H17ClFNO/c1-3-14-6-4-5-12(2)18(14)21-17(22)10-8-13-7-9-16(20)15(19)11-13/h4-11H,3H2,1-2H3,(H,21,22)/b10-8+. The molecule has 114 valence electrons. The Morgan fingerprint density at radius 1 is 1.32 bits per heavy atom. The molecule has 2 aromatic rings. The molecular formula is C18H17ClFNO. The van der Waals surface area contributed by atoms with Crippen molar-refractivity contribution >= 4 is 29.3 Å².